The summed E-state index contributed by atoms with van der Waals surface area (Å²) in [6.45, 7) is 6.90. The Morgan fingerprint density at radius 3 is 2.19 bits per heavy atom. The van der Waals surface area contributed by atoms with Crippen molar-refractivity contribution in [2.75, 3.05) is 32.1 Å². The van der Waals surface area contributed by atoms with E-state index in [1.54, 1.807) is 12.1 Å². The number of hydrogen-bond acceptors (Lipinski definition) is 6. The smallest absolute Gasteiger partial charge is 0.261 e. The molecule has 0 atom stereocenters. The highest BCUT2D eigenvalue weighted by atomic mass is 32.2. The molecular weight excluding hydrogens is 420 g/mol. The molecule has 2 aromatic rings. The van der Waals surface area contributed by atoms with Gasteiger partial charge in [-0.25, -0.2) is 8.42 Å². The lowest BCUT2D eigenvalue weighted by atomic mass is 10.1. The van der Waals surface area contributed by atoms with Crippen LogP contribution in [0.4, 0.5) is 5.69 Å². The standard InChI is InChI=1S/C22H30N2O6S/c1-6-30-16-7-9-17(10-8-16)31(26,27)24-19-14-21(29-5)20(28-4)13-18(19)22(25)23-12-11-15(2)3/h7-10,13-15,24H,6,11-12H2,1-5H3,(H,23,25). The van der Waals surface area contributed by atoms with E-state index in [9.17, 15) is 13.2 Å². The second-order valence-electron chi connectivity index (χ2n) is 7.20. The molecule has 0 aliphatic carbocycles. The predicted molar refractivity (Wildman–Crippen MR) is 120 cm³/mol. The first-order valence-corrected chi connectivity index (χ1v) is 11.5. The van der Waals surface area contributed by atoms with Crippen LogP contribution >= 0.6 is 0 Å². The van der Waals surface area contributed by atoms with Gasteiger partial charge in [-0.05, 0) is 49.6 Å². The van der Waals surface area contributed by atoms with Crippen molar-refractivity contribution in [1.29, 1.82) is 0 Å². The van der Waals surface area contributed by atoms with Gasteiger partial charge in [-0.1, -0.05) is 13.8 Å². The molecule has 2 aromatic carbocycles. The van der Waals surface area contributed by atoms with Gasteiger partial charge in [-0.3, -0.25) is 9.52 Å². The van der Waals surface area contributed by atoms with E-state index in [2.05, 4.69) is 23.9 Å². The number of carbonyl (C=O) groups is 1. The van der Waals surface area contributed by atoms with E-state index in [0.29, 0.717) is 36.3 Å². The largest absolute Gasteiger partial charge is 0.494 e. The van der Waals surface area contributed by atoms with Crippen LogP contribution in [0.5, 0.6) is 17.2 Å². The zero-order valence-electron chi connectivity index (χ0n) is 18.5. The molecule has 170 valence electrons. The van der Waals surface area contributed by atoms with Gasteiger partial charge in [-0.2, -0.15) is 0 Å². The highest BCUT2D eigenvalue weighted by Gasteiger charge is 2.22. The zero-order chi connectivity index (χ0) is 23.0. The van der Waals surface area contributed by atoms with Gasteiger partial charge in [0.25, 0.3) is 15.9 Å². The quantitative estimate of drug-likeness (QED) is 0.541. The lowest BCUT2D eigenvalue weighted by molar-refractivity contribution is 0.0952. The summed E-state index contributed by atoms with van der Waals surface area (Å²) >= 11 is 0. The van der Waals surface area contributed by atoms with Crippen molar-refractivity contribution in [2.24, 2.45) is 5.92 Å². The second kappa shape index (κ2) is 10.9. The van der Waals surface area contributed by atoms with Crippen molar-refractivity contribution in [3.63, 3.8) is 0 Å². The van der Waals surface area contributed by atoms with E-state index in [1.165, 1.54) is 38.5 Å². The SMILES string of the molecule is CCOc1ccc(S(=O)(=O)Nc2cc(OC)c(OC)cc2C(=O)NCCC(C)C)cc1. The maximum Gasteiger partial charge on any atom is 0.261 e. The first-order chi connectivity index (χ1) is 14.7. The van der Waals surface area contributed by atoms with E-state index in [-0.39, 0.29) is 16.1 Å². The van der Waals surface area contributed by atoms with Gasteiger partial charge in [0, 0.05) is 12.6 Å². The second-order valence-corrected chi connectivity index (χ2v) is 8.88. The topological polar surface area (TPSA) is 103 Å². The Morgan fingerprint density at radius 2 is 1.65 bits per heavy atom. The van der Waals surface area contributed by atoms with Crippen molar-refractivity contribution < 1.29 is 27.4 Å². The Bertz CT molecular complexity index is 988. The van der Waals surface area contributed by atoms with Crippen LogP contribution in [0.15, 0.2) is 41.3 Å². The number of anilines is 1. The molecule has 0 radical (unpaired) electrons. The van der Waals surface area contributed by atoms with Crippen molar-refractivity contribution in [3.05, 3.63) is 42.0 Å². The minimum absolute atomic E-state index is 0.0388. The fourth-order valence-corrected chi connectivity index (χ4v) is 3.88. The van der Waals surface area contributed by atoms with Crippen LogP contribution in [-0.2, 0) is 10.0 Å². The summed E-state index contributed by atoms with van der Waals surface area (Å²) in [5, 5.41) is 2.82. The van der Waals surface area contributed by atoms with Crippen molar-refractivity contribution in [1.82, 2.24) is 5.32 Å². The van der Waals surface area contributed by atoms with Crippen LogP contribution in [0.1, 0.15) is 37.6 Å². The molecule has 0 aromatic heterocycles. The maximum atomic E-state index is 12.9. The summed E-state index contributed by atoms with van der Waals surface area (Å²) in [5.41, 5.74) is 0.226. The molecular formula is C22H30N2O6S. The first kappa shape index (κ1) is 24.3. The fraction of sp³-hybridized carbons (Fsp3) is 0.409. The molecule has 0 aliphatic heterocycles. The van der Waals surface area contributed by atoms with Gasteiger partial charge < -0.3 is 19.5 Å². The molecule has 8 nitrogen and oxygen atoms in total. The molecule has 0 spiro atoms. The predicted octanol–water partition coefficient (Wildman–Crippen LogP) is 3.68. The maximum absolute atomic E-state index is 12.9. The highest BCUT2D eigenvalue weighted by Crippen LogP contribution is 2.34. The Hall–Kier alpha value is -2.94. The van der Waals surface area contributed by atoms with Crippen LogP contribution < -0.4 is 24.2 Å². The summed E-state index contributed by atoms with van der Waals surface area (Å²) in [7, 11) is -1.08. The molecule has 0 saturated heterocycles. The Morgan fingerprint density at radius 1 is 1.03 bits per heavy atom. The summed E-state index contributed by atoms with van der Waals surface area (Å²) in [6.07, 6.45) is 0.798. The number of methoxy groups -OCH3 is 2. The monoisotopic (exact) mass is 450 g/mol. The number of rotatable bonds is 11. The third-order valence-corrected chi connectivity index (χ3v) is 5.85. The molecule has 0 saturated carbocycles. The summed E-state index contributed by atoms with van der Waals surface area (Å²) in [5.74, 6) is 1.19. The van der Waals surface area contributed by atoms with Gasteiger partial charge in [0.1, 0.15) is 5.75 Å². The Labute approximate surface area is 184 Å². The van der Waals surface area contributed by atoms with Crippen LogP contribution in [0.2, 0.25) is 0 Å². The number of ether oxygens (including phenoxy) is 3. The van der Waals surface area contributed by atoms with E-state index in [1.807, 2.05) is 6.92 Å². The van der Waals surface area contributed by atoms with Crippen LogP contribution in [0.25, 0.3) is 0 Å². The van der Waals surface area contributed by atoms with Gasteiger partial charge in [0.05, 0.1) is 37.0 Å². The molecule has 0 bridgehead atoms. The number of benzene rings is 2. The lowest BCUT2D eigenvalue weighted by Crippen LogP contribution is -2.27. The molecule has 0 unspecified atom stereocenters. The normalized spacial score (nSPS) is 11.2. The molecule has 0 fully saturated rings. The summed E-state index contributed by atoms with van der Waals surface area (Å²) < 4.78 is 44.3. The minimum Gasteiger partial charge on any atom is -0.494 e. The van der Waals surface area contributed by atoms with E-state index in [4.69, 9.17) is 14.2 Å². The minimum atomic E-state index is -3.96. The van der Waals surface area contributed by atoms with E-state index < -0.39 is 15.9 Å². The Balaban J connectivity index is 2.39. The van der Waals surface area contributed by atoms with Crippen LogP contribution in [0, 0.1) is 5.92 Å². The van der Waals surface area contributed by atoms with Gasteiger partial charge >= 0.3 is 0 Å². The van der Waals surface area contributed by atoms with Crippen molar-refractivity contribution in [2.45, 2.75) is 32.1 Å². The first-order valence-electron chi connectivity index (χ1n) is 10.0. The fourth-order valence-electron chi connectivity index (χ4n) is 2.81. The van der Waals surface area contributed by atoms with Gasteiger partial charge in [0.15, 0.2) is 11.5 Å². The summed E-state index contributed by atoms with van der Waals surface area (Å²) in [6, 6.07) is 8.92. The van der Waals surface area contributed by atoms with E-state index >= 15 is 0 Å². The number of hydrogen-bond donors (Lipinski definition) is 2. The number of amides is 1. The molecule has 2 rings (SSSR count). The molecule has 31 heavy (non-hydrogen) atoms. The zero-order valence-corrected chi connectivity index (χ0v) is 19.3. The molecule has 1 amide bonds. The van der Waals surface area contributed by atoms with Crippen LogP contribution in [-0.4, -0.2) is 41.7 Å². The molecule has 2 N–H and O–H groups in total. The number of carbonyl (C=O) groups excluding carboxylic acids is 1. The van der Waals surface area contributed by atoms with E-state index in [0.717, 1.165) is 6.42 Å². The molecule has 0 aliphatic rings. The van der Waals surface area contributed by atoms with Crippen molar-refractivity contribution >= 4 is 21.6 Å². The lowest BCUT2D eigenvalue weighted by Gasteiger charge is -2.17. The van der Waals surface area contributed by atoms with Gasteiger partial charge in [0.2, 0.25) is 0 Å². The number of sulfonamides is 1. The summed E-state index contributed by atoms with van der Waals surface area (Å²) in [4.78, 5) is 12.8. The van der Waals surface area contributed by atoms with Crippen LogP contribution in [0.3, 0.4) is 0 Å². The average molecular weight is 451 g/mol. The Kier molecular flexibility index (Phi) is 8.56. The average Bonchev–Trinajstić information content (AvgIpc) is 2.73. The molecule has 0 heterocycles. The van der Waals surface area contributed by atoms with Crippen molar-refractivity contribution in [3.8, 4) is 17.2 Å². The highest BCUT2D eigenvalue weighted by molar-refractivity contribution is 7.92. The van der Waals surface area contributed by atoms with Gasteiger partial charge in [-0.15, -0.1) is 0 Å². The number of nitrogens with one attached hydrogen (secondary N) is 2. The third kappa shape index (κ3) is 6.52. The molecule has 9 heteroatoms. The third-order valence-electron chi connectivity index (χ3n) is 4.46.